The first-order chi connectivity index (χ1) is 5.56. The van der Waals surface area contributed by atoms with Crippen LogP contribution in [0.25, 0.3) is 0 Å². The number of aliphatic hydroxyl groups is 1. The molecule has 1 unspecified atom stereocenters. The zero-order chi connectivity index (χ0) is 9.19. The van der Waals surface area contributed by atoms with E-state index in [0.717, 1.165) is 0 Å². The number of alkyl halides is 1. The first kappa shape index (κ1) is 9.41. The standard InChI is InChI=1S/C7H12FNO3/c8-5(6(10)11)7(12)1-3-9-4-2-7/h5,9,12H,1-4H2,(H,10,11). The van der Waals surface area contributed by atoms with Crippen molar-refractivity contribution in [3.05, 3.63) is 0 Å². The van der Waals surface area contributed by atoms with Crippen molar-refractivity contribution in [1.29, 1.82) is 0 Å². The van der Waals surface area contributed by atoms with Crippen LogP contribution < -0.4 is 5.32 Å². The van der Waals surface area contributed by atoms with Gasteiger partial charge in [-0.15, -0.1) is 0 Å². The minimum Gasteiger partial charge on any atom is -0.479 e. The Morgan fingerprint density at radius 2 is 2.00 bits per heavy atom. The van der Waals surface area contributed by atoms with E-state index in [1.54, 1.807) is 0 Å². The van der Waals surface area contributed by atoms with Gasteiger partial charge in [0.1, 0.15) is 5.60 Å². The highest BCUT2D eigenvalue weighted by molar-refractivity contribution is 5.73. The second-order valence-electron chi connectivity index (χ2n) is 3.05. The fourth-order valence-corrected chi connectivity index (χ4v) is 1.34. The average molecular weight is 177 g/mol. The Bertz CT molecular complexity index is 179. The molecule has 1 fully saturated rings. The van der Waals surface area contributed by atoms with Gasteiger partial charge in [-0.1, -0.05) is 0 Å². The SMILES string of the molecule is O=C(O)C(F)C1(O)CCNCC1. The summed E-state index contributed by atoms with van der Waals surface area (Å²) in [6, 6.07) is 0. The van der Waals surface area contributed by atoms with Crippen LogP contribution in [-0.2, 0) is 4.79 Å². The fraction of sp³-hybridized carbons (Fsp3) is 0.857. The first-order valence-corrected chi connectivity index (χ1v) is 3.86. The van der Waals surface area contributed by atoms with E-state index in [1.807, 2.05) is 0 Å². The number of carboxylic acid groups (broad SMARTS) is 1. The maximum atomic E-state index is 12.9. The molecule has 1 atom stereocenters. The Balaban J connectivity index is 2.62. The highest BCUT2D eigenvalue weighted by Gasteiger charge is 2.42. The molecule has 0 aliphatic carbocycles. The Morgan fingerprint density at radius 3 is 2.42 bits per heavy atom. The lowest BCUT2D eigenvalue weighted by Crippen LogP contribution is -2.51. The van der Waals surface area contributed by atoms with Crippen LogP contribution in [0.15, 0.2) is 0 Å². The van der Waals surface area contributed by atoms with Crippen LogP contribution in [0.1, 0.15) is 12.8 Å². The zero-order valence-electron chi connectivity index (χ0n) is 6.59. The normalized spacial score (nSPS) is 24.8. The minimum absolute atomic E-state index is 0.153. The summed E-state index contributed by atoms with van der Waals surface area (Å²) in [6.07, 6.45) is -1.86. The number of carbonyl (C=O) groups is 1. The molecule has 0 saturated carbocycles. The first-order valence-electron chi connectivity index (χ1n) is 3.86. The van der Waals surface area contributed by atoms with Crippen molar-refractivity contribution >= 4 is 5.97 Å². The van der Waals surface area contributed by atoms with Crippen LogP contribution in [0.4, 0.5) is 4.39 Å². The summed E-state index contributed by atoms with van der Waals surface area (Å²) in [5, 5.41) is 20.8. The molecular formula is C7H12FNO3. The van der Waals surface area contributed by atoms with Crippen LogP contribution in [0, 0.1) is 0 Å². The maximum absolute atomic E-state index is 12.9. The molecule has 0 spiro atoms. The van der Waals surface area contributed by atoms with Gasteiger partial charge >= 0.3 is 5.97 Å². The molecule has 1 heterocycles. The van der Waals surface area contributed by atoms with E-state index < -0.39 is 17.7 Å². The summed E-state index contributed by atoms with van der Waals surface area (Å²) in [5.74, 6) is -1.58. The summed E-state index contributed by atoms with van der Waals surface area (Å²) in [7, 11) is 0. The van der Waals surface area contributed by atoms with Crippen molar-refractivity contribution in [2.45, 2.75) is 24.6 Å². The molecule has 0 aromatic rings. The molecule has 0 aromatic carbocycles. The lowest BCUT2D eigenvalue weighted by Gasteiger charge is -2.33. The Labute approximate surface area is 69.4 Å². The maximum Gasteiger partial charge on any atom is 0.341 e. The van der Waals surface area contributed by atoms with Crippen LogP contribution in [0.3, 0.4) is 0 Å². The third kappa shape index (κ3) is 1.73. The molecule has 5 heteroatoms. The van der Waals surface area contributed by atoms with E-state index in [1.165, 1.54) is 0 Å². The number of carboxylic acids is 1. The number of nitrogens with one attached hydrogen (secondary N) is 1. The van der Waals surface area contributed by atoms with Crippen molar-refractivity contribution in [2.24, 2.45) is 0 Å². The number of aliphatic carboxylic acids is 1. The Morgan fingerprint density at radius 1 is 1.50 bits per heavy atom. The molecule has 4 nitrogen and oxygen atoms in total. The molecule has 1 aliphatic rings. The number of piperidine rings is 1. The molecule has 3 N–H and O–H groups in total. The molecule has 1 aliphatic heterocycles. The third-order valence-corrected chi connectivity index (χ3v) is 2.16. The van der Waals surface area contributed by atoms with Gasteiger partial charge in [0.2, 0.25) is 6.17 Å². The Kier molecular flexibility index (Phi) is 2.64. The van der Waals surface area contributed by atoms with Gasteiger partial charge in [0.15, 0.2) is 0 Å². The molecule has 1 saturated heterocycles. The molecule has 0 amide bonds. The largest absolute Gasteiger partial charge is 0.479 e. The zero-order valence-corrected chi connectivity index (χ0v) is 6.59. The number of halogens is 1. The average Bonchev–Trinajstić information content (AvgIpc) is 2.04. The smallest absolute Gasteiger partial charge is 0.341 e. The monoisotopic (exact) mass is 177 g/mol. The van der Waals surface area contributed by atoms with Gasteiger partial charge in [0.05, 0.1) is 0 Å². The summed E-state index contributed by atoms with van der Waals surface area (Å²) in [5.41, 5.74) is -1.67. The summed E-state index contributed by atoms with van der Waals surface area (Å²) in [6.45, 7) is 0.925. The van der Waals surface area contributed by atoms with Crippen LogP contribution >= 0.6 is 0 Å². The van der Waals surface area contributed by atoms with Crippen molar-refractivity contribution in [1.82, 2.24) is 5.32 Å². The second kappa shape index (κ2) is 3.37. The second-order valence-corrected chi connectivity index (χ2v) is 3.05. The Hall–Kier alpha value is -0.680. The van der Waals surface area contributed by atoms with E-state index in [2.05, 4.69) is 5.32 Å². The van der Waals surface area contributed by atoms with Gasteiger partial charge in [-0.2, -0.15) is 0 Å². The van der Waals surface area contributed by atoms with Crippen LogP contribution in [0.5, 0.6) is 0 Å². The molecule has 70 valence electrons. The number of rotatable bonds is 2. The number of hydrogen-bond donors (Lipinski definition) is 3. The fourth-order valence-electron chi connectivity index (χ4n) is 1.34. The van der Waals surface area contributed by atoms with Gasteiger partial charge in [-0.25, -0.2) is 9.18 Å². The molecule has 12 heavy (non-hydrogen) atoms. The predicted octanol–water partition coefficient (Wildman–Crippen LogP) is -0.476. The highest BCUT2D eigenvalue weighted by Crippen LogP contribution is 2.24. The van der Waals surface area contributed by atoms with E-state index >= 15 is 0 Å². The quantitative estimate of drug-likeness (QED) is 0.533. The summed E-state index contributed by atoms with van der Waals surface area (Å²) >= 11 is 0. The van der Waals surface area contributed by atoms with Gasteiger partial charge in [0.25, 0.3) is 0 Å². The topological polar surface area (TPSA) is 69.6 Å². The lowest BCUT2D eigenvalue weighted by molar-refractivity contribution is -0.156. The third-order valence-electron chi connectivity index (χ3n) is 2.16. The van der Waals surface area contributed by atoms with Crippen molar-refractivity contribution in [3.8, 4) is 0 Å². The van der Waals surface area contributed by atoms with Gasteiger partial charge in [0, 0.05) is 0 Å². The van der Waals surface area contributed by atoms with E-state index in [9.17, 15) is 14.3 Å². The van der Waals surface area contributed by atoms with Crippen LogP contribution in [0.2, 0.25) is 0 Å². The van der Waals surface area contributed by atoms with Crippen molar-refractivity contribution in [2.75, 3.05) is 13.1 Å². The highest BCUT2D eigenvalue weighted by atomic mass is 19.1. The molecule has 1 rings (SSSR count). The predicted molar refractivity (Wildman–Crippen MR) is 39.6 cm³/mol. The van der Waals surface area contributed by atoms with Gasteiger partial charge in [-0.05, 0) is 25.9 Å². The molecule has 0 bridgehead atoms. The van der Waals surface area contributed by atoms with E-state index in [-0.39, 0.29) is 12.8 Å². The minimum atomic E-state index is -2.17. The molecule has 0 aromatic heterocycles. The molecular weight excluding hydrogens is 165 g/mol. The van der Waals surface area contributed by atoms with E-state index in [0.29, 0.717) is 13.1 Å². The van der Waals surface area contributed by atoms with Crippen molar-refractivity contribution in [3.63, 3.8) is 0 Å². The van der Waals surface area contributed by atoms with Gasteiger partial charge in [-0.3, -0.25) is 0 Å². The van der Waals surface area contributed by atoms with E-state index in [4.69, 9.17) is 5.11 Å². The van der Waals surface area contributed by atoms with Gasteiger partial charge < -0.3 is 15.5 Å². The summed E-state index contributed by atoms with van der Waals surface area (Å²) < 4.78 is 12.9. The van der Waals surface area contributed by atoms with Crippen LogP contribution in [-0.4, -0.2) is 41.0 Å². The lowest BCUT2D eigenvalue weighted by atomic mass is 9.88. The molecule has 0 radical (unpaired) electrons. The van der Waals surface area contributed by atoms with Crippen molar-refractivity contribution < 1.29 is 19.4 Å². The number of hydrogen-bond acceptors (Lipinski definition) is 3. The summed E-state index contributed by atoms with van der Waals surface area (Å²) in [4.78, 5) is 10.2.